The third-order valence-corrected chi connectivity index (χ3v) is 2.62. The van der Waals surface area contributed by atoms with Gasteiger partial charge in [0.05, 0.1) is 0 Å². The first-order valence-electron chi connectivity index (χ1n) is 5.31. The van der Waals surface area contributed by atoms with E-state index in [1.165, 1.54) is 11.1 Å². The Hall–Kier alpha value is -1.50. The Labute approximate surface area is 91.1 Å². The van der Waals surface area contributed by atoms with Gasteiger partial charge in [-0.2, -0.15) is 0 Å². The van der Waals surface area contributed by atoms with Crippen LogP contribution in [0.4, 0.5) is 0 Å². The van der Waals surface area contributed by atoms with Crippen LogP contribution in [0.3, 0.4) is 0 Å². The Kier molecular flexibility index (Phi) is 2.63. The molecule has 1 aliphatic rings. The molecule has 1 atom stereocenters. The summed E-state index contributed by atoms with van der Waals surface area (Å²) in [6.45, 7) is 8.21. The van der Waals surface area contributed by atoms with Crippen LogP contribution in [0.15, 0.2) is 48.2 Å². The smallest absolute Gasteiger partial charge is 0.130 e. The molecule has 1 heteroatoms. The molecule has 0 radical (unpaired) electrons. The van der Waals surface area contributed by atoms with Crippen LogP contribution in [0.2, 0.25) is 0 Å². The molecule has 1 aliphatic heterocycles. The predicted octanol–water partition coefficient (Wildman–Crippen LogP) is 3.64. The molecule has 1 aromatic carbocycles. The molecule has 0 spiro atoms. The van der Waals surface area contributed by atoms with Gasteiger partial charge in [0, 0.05) is 5.57 Å². The van der Waals surface area contributed by atoms with Gasteiger partial charge in [-0.15, -0.1) is 0 Å². The van der Waals surface area contributed by atoms with Crippen molar-refractivity contribution in [1.82, 2.24) is 0 Å². The van der Waals surface area contributed by atoms with Crippen molar-refractivity contribution >= 4 is 6.08 Å². The van der Waals surface area contributed by atoms with Gasteiger partial charge in [0.15, 0.2) is 0 Å². The van der Waals surface area contributed by atoms with Crippen LogP contribution >= 0.6 is 0 Å². The van der Waals surface area contributed by atoms with Crippen molar-refractivity contribution in [2.24, 2.45) is 5.92 Å². The zero-order valence-electron chi connectivity index (χ0n) is 9.23. The number of hydrogen-bond donors (Lipinski definition) is 0. The van der Waals surface area contributed by atoms with Gasteiger partial charge in [-0.1, -0.05) is 50.8 Å². The maximum atomic E-state index is 5.52. The second kappa shape index (κ2) is 3.93. The highest BCUT2D eigenvalue weighted by atomic mass is 16.5. The maximum Gasteiger partial charge on any atom is 0.130 e. The second-order valence-corrected chi connectivity index (χ2v) is 4.22. The minimum atomic E-state index is 0.220. The van der Waals surface area contributed by atoms with Gasteiger partial charge in [-0.25, -0.2) is 0 Å². The fraction of sp³-hybridized carbons (Fsp3) is 0.286. The Bertz CT molecular complexity index is 387. The third kappa shape index (κ3) is 1.96. The molecule has 1 saturated heterocycles. The van der Waals surface area contributed by atoms with Gasteiger partial charge < -0.3 is 4.74 Å². The monoisotopic (exact) mass is 200 g/mol. The zero-order chi connectivity index (χ0) is 10.8. The van der Waals surface area contributed by atoms with Gasteiger partial charge in [-0.3, -0.25) is 0 Å². The highest BCUT2D eigenvalue weighted by molar-refractivity contribution is 5.60. The summed E-state index contributed by atoms with van der Waals surface area (Å²) in [5.41, 5.74) is 2.44. The third-order valence-electron chi connectivity index (χ3n) is 2.62. The molecule has 1 nitrogen and oxygen atoms in total. The Morgan fingerprint density at radius 3 is 2.47 bits per heavy atom. The van der Waals surface area contributed by atoms with Gasteiger partial charge in [-0.05, 0) is 17.6 Å². The first-order valence-corrected chi connectivity index (χ1v) is 5.31. The molecule has 0 amide bonds. The van der Waals surface area contributed by atoms with E-state index in [1.807, 2.05) is 18.2 Å². The van der Waals surface area contributed by atoms with Crippen molar-refractivity contribution < 1.29 is 4.74 Å². The van der Waals surface area contributed by atoms with E-state index in [1.54, 1.807) is 0 Å². The summed E-state index contributed by atoms with van der Waals surface area (Å²) in [4.78, 5) is 0. The van der Waals surface area contributed by atoms with Crippen molar-refractivity contribution in [3.63, 3.8) is 0 Å². The van der Waals surface area contributed by atoms with E-state index in [2.05, 4.69) is 38.6 Å². The number of ether oxygens (including phenoxy) is 1. The molecule has 1 aromatic rings. The van der Waals surface area contributed by atoms with E-state index >= 15 is 0 Å². The maximum absolute atomic E-state index is 5.52. The minimum absolute atomic E-state index is 0.220. The van der Waals surface area contributed by atoms with E-state index in [0.717, 1.165) is 5.76 Å². The molecule has 0 aromatic heterocycles. The zero-order valence-corrected chi connectivity index (χ0v) is 9.23. The average Bonchev–Trinajstić information content (AvgIpc) is 2.23. The fourth-order valence-corrected chi connectivity index (χ4v) is 1.77. The van der Waals surface area contributed by atoms with E-state index < -0.39 is 0 Å². The molecular formula is C14H16O. The summed E-state index contributed by atoms with van der Waals surface area (Å²) in [6.07, 6.45) is 2.38. The summed E-state index contributed by atoms with van der Waals surface area (Å²) in [7, 11) is 0. The number of benzene rings is 1. The molecule has 15 heavy (non-hydrogen) atoms. The Morgan fingerprint density at radius 1 is 1.27 bits per heavy atom. The number of hydrogen-bond acceptors (Lipinski definition) is 1. The van der Waals surface area contributed by atoms with Crippen LogP contribution < -0.4 is 0 Å². The lowest BCUT2D eigenvalue weighted by molar-refractivity contribution is 0.0502. The van der Waals surface area contributed by atoms with Crippen LogP contribution in [0.1, 0.15) is 19.4 Å². The normalized spacial score (nSPS) is 22.7. The highest BCUT2D eigenvalue weighted by Crippen LogP contribution is 2.36. The van der Waals surface area contributed by atoms with Gasteiger partial charge in [0.2, 0.25) is 0 Å². The molecule has 0 N–H and O–H groups in total. The Morgan fingerprint density at radius 2 is 1.93 bits per heavy atom. The van der Waals surface area contributed by atoms with Crippen LogP contribution in [-0.2, 0) is 4.74 Å². The molecule has 1 unspecified atom stereocenters. The van der Waals surface area contributed by atoms with E-state index in [9.17, 15) is 0 Å². The summed E-state index contributed by atoms with van der Waals surface area (Å²) < 4.78 is 5.52. The quantitative estimate of drug-likeness (QED) is 0.708. The molecular weight excluding hydrogens is 184 g/mol. The molecule has 0 bridgehead atoms. The van der Waals surface area contributed by atoms with Crippen molar-refractivity contribution in [2.75, 3.05) is 0 Å². The molecule has 1 heterocycles. The topological polar surface area (TPSA) is 9.23 Å². The standard InChI is InChI=1S/C14H16O/c1-10(2)14-13(11(3)15-14)9-12-7-5-4-6-8-12/h4-10,14H,3H2,1-2H3/b13-9-. The highest BCUT2D eigenvalue weighted by Gasteiger charge is 2.32. The lowest BCUT2D eigenvalue weighted by atomic mass is 9.91. The molecule has 78 valence electrons. The van der Waals surface area contributed by atoms with Gasteiger partial charge in [0.25, 0.3) is 0 Å². The summed E-state index contributed by atoms with van der Waals surface area (Å²) in [5.74, 6) is 1.32. The first kappa shape index (κ1) is 10.0. The summed E-state index contributed by atoms with van der Waals surface area (Å²) >= 11 is 0. The predicted molar refractivity (Wildman–Crippen MR) is 63.3 cm³/mol. The fourth-order valence-electron chi connectivity index (χ4n) is 1.77. The van der Waals surface area contributed by atoms with Crippen LogP contribution in [-0.4, -0.2) is 6.10 Å². The van der Waals surface area contributed by atoms with Crippen LogP contribution in [0.25, 0.3) is 6.08 Å². The minimum Gasteiger partial charge on any atom is -0.486 e. The first-order chi connectivity index (χ1) is 7.18. The van der Waals surface area contributed by atoms with Crippen molar-refractivity contribution in [3.8, 4) is 0 Å². The lowest BCUT2D eigenvalue weighted by Gasteiger charge is -2.36. The average molecular weight is 200 g/mol. The van der Waals surface area contributed by atoms with E-state index in [-0.39, 0.29) is 6.10 Å². The largest absolute Gasteiger partial charge is 0.486 e. The van der Waals surface area contributed by atoms with Crippen molar-refractivity contribution in [1.29, 1.82) is 0 Å². The van der Waals surface area contributed by atoms with Crippen LogP contribution in [0.5, 0.6) is 0 Å². The SMILES string of the molecule is C=C1OC(C(C)C)/C1=C\c1ccccc1. The number of rotatable bonds is 2. The van der Waals surface area contributed by atoms with Gasteiger partial charge in [0.1, 0.15) is 11.9 Å². The summed E-state index contributed by atoms with van der Waals surface area (Å²) in [6, 6.07) is 10.3. The van der Waals surface area contributed by atoms with E-state index in [4.69, 9.17) is 4.74 Å². The Balaban J connectivity index is 2.23. The van der Waals surface area contributed by atoms with Crippen molar-refractivity contribution in [2.45, 2.75) is 20.0 Å². The van der Waals surface area contributed by atoms with Crippen LogP contribution in [0, 0.1) is 5.92 Å². The molecule has 2 rings (SSSR count). The van der Waals surface area contributed by atoms with Gasteiger partial charge >= 0.3 is 0 Å². The lowest BCUT2D eigenvalue weighted by Crippen LogP contribution is -2.32. The van der Waals surface area contributed by atoms with Crippen molar-refractivity contribution in [3.05, 3.63) is 53.8 Å². The second-order valence-electron chi connectivity index (χ2n) is 4.22. The molecule has 0 aliphatic carbocycles. The molecule has 1 fully saturated rings. The summed E-state index contributed by atoms with van der Waals surface area (Å²) in [5, 5.41) is 0. The van der Waals surface area contributed by atoms with E-state index in [0.29, 0.717) is 5.92 Å². The molecule has 0 saturated carbocycles.